The van der Waals surface area contributed by atoms with Crippen molar-refractivity contribution < 1.29 is 26.1 Å². The van der Waals surface area contributed by atoms with Gasteiger partial charge in [-0.05, 0) is 38.3 Å². The molecular weight excluding hydrogens is 369 g/mol. The number of piperidine rings is 1. The van der Waals surface area contributed by atoms with Crippen LogP contribution in [-0.2, 0) is 16.2 Å². The van der Waals surface area contributed by atoms with E-state index in [9.17, 15) is 21.6 Å². The van der Waals surface area contributed by atoms with Crippen molar-refractivity contribution in [1.82, 2.24) is 9.46 Å². The first kappa shape index (κ1) is 18.9. The van der Waals surface area contributed by atoms with Crippen LogP contribution in [0.5, 0.6) is 0 Å². The molecule has 1 aliphatic rings. The van der Waals surface area contributed by atoms with Crippen LogP contribution in [0.25, 0.3) is 11.3 Å². The summed E-state index contributed by atoms with van der Waals surface area (Å²) >= 11 is 0. The lowest BCUT2D eigenvalue weighted by molar-refractivity contribution is -0.155. The molecule has 1 saturated heterocycles. The van der Waals surface area contributed by atoms with Gasteiger partial charge in [0.1, 0.15) is 5.69 Å². The van der Waals surface area contributed by atoms with E-state index in [0.29, 0.717) is 12.1 Å². The minimum Gasteiger partial charge on any atom is -0.351 e. The quantitative estimate of drug-likeness (QED) is 0.789. The highest BCUT2D eigenvalue weighted by atomic mass is 32.2. The summed E-state index contributed by atoms with van der Waals surface area (Å²) in [4.78, 5) is 0.0836. The second-order valence-corrected chi connectivity index (χ2v) is 8.37. The van der Waals surface area contributed by atoms with Crippen molar-refractivity contribution in [3.63, 3.8) is 0 Å². The summed E-state index contributed by atoms with van der Waals surface area (Å²) in [5.74, 6) is -1.22. The zero-order valence-electron chi connectivity index (χ0n) is 14.4. The third-order valence-electron chi connectivity index (χ3n) is 4.60. The minimum absolute atomic E-state index is 0.0551. The molecule has 1 aliphatic heterocycles. The van der Waals surface area contributed by atoms with Crippen LogP contribution >= 0.6 is 0 Å². The number of rotatable bonds is 3. The summed E-state index contributed by atoms with van der Waals surface area (Å²) in [6, 6.07) is 5.12. The fourth-order valence-corrected chi connectivity index (χ4v) is 5.09. The number of nitrogens with zero attached hydrogens (tertiary/aromatic N) is 2. The molecule has 2 aromatic rings. The SMILES string of the molecule is Cc1ccc(-c2cc(C(F)(F)F)on2)cc1S(=O)(=O)N1CCCCC1C. The predicted octanol–water partition coefficient (Wildman–Crippen LogP) is 4.23. The van der Waals surface area contributed by atoms with Gasteiger partial charge in [0.2, 0.25) is 15.8 Å². The van der Waals surface area contributed by atoms with Crippen LogP contribution in [0.2, 0.25) is 0 Å². The molecule has 5 nitrogen and oxygen atoms in total. The summed E-state index contributed by atoms with van der Waals surface area (Å²) in [5, 5.41) is 3.43. The molecule has 0 radical (unpaired) electrons. The maximum Gasteiger partial charge on any atom is 0.452 e. The van der Waals surface area contributed by atoms with Gasteiger partial charge in [-0.3, -0.25) is 0 Å². The molecule has 1 atom stereocenters. The second kappa shape index (κ2) is 6.70. The number of hydrogen-bond acceptors (Lipinski definition) is 4. The molecule has 3 rings (SSSR count). The van der Waals surface area contributed by atoms with Gasteiger partial charge in [0.15, 0.2) is 0 Å². The molecule has 1 aromatic carbocycles. The van der Waals surface area contributed by atoms with Gasteiger partial charge in [-0.25, -0.2) is 8.42 Å². The van der Waals surface area contributed by atoms with Crippen LogP contribution in [0.15, 0.2) is 33.7 Å². The van der Waals surface area contributed by atoms with Crippen molar-refractivity contribution in [2.45, 2.75) is 50.2 Å². The Balaban J connectivity index is 2.01. The van der Waals surface area contributed by atoms with Gasteiger partial charge in [0.25, 0.3) is 0 Å². The largest absolute Gasteiger partial charge is 0.452 e. The molecule has 2 heterocycles. The second-order valence-electron chi connectivity index (χ2n) is 6.51. The van der Waals surface area contributed by atoms with Crippen LogP contribution < -0.4 is 0 Å². The van der Waals surface area contributed by atoms with E-state index in [1.54, 1.807) is 13.0 Å². The highest BCUT2D eigenvalue weighted by Crippen LogP contribution is 2.34. The summed E-state index contributed by atoms with van der Waals surface area (Å²) in [6.45, 7) is 3.97. The Kier molecular flexibility index (Phi) is 4.87. The van der Waals surface area contributed by atoms with Gasteiger partial charge >= 0.3 is 6.18 Å². The van der Waals surface area contributed by atoms with E-state index >= 15 is 0 Å². The molecule has 0 bridgehead atoms. The number of halogens is 3. The summed E-state index contributed by atoms with van der Waals surface area (Å²) in [7, 11) is -3.74. The van der Waals surface area contributed by atoms with Crippen LogP contribution in [0.3, 0.4) is 0 Å². The Morgan fingerprint density at radius 1 is 1.23 bits per heavy atom. The number of alkyl halides is 3. The molecule has 1 aromatic heterocycles. The monoisotopic (exact) mass is 388 g/mol. The van der Waals surface area contributed by atoms with Gasteiger partial charge in [0, 0.05) is 24.2 Å². The molecule has 0 saturated carbocycles. The lowest BCUT2D eigenvalue weighted by atomic mass is 10.1. The zero-order valence-corrected chi connectivity index (χ0v) is 15.2. The molecule has 26 heavy (non-hydrogen) atoms. The minimum atomic E-state index is -4.64. The van der Waals surface area contributed by atoms with E-state index in [0.717, 1.165) is 25.3 Å². The standard InChI is InChI=1S/C17H19F3N2O3S/c1-11-6-7-13(14-10-16(25-21-14)17(18,19)20)9-15(11)26(23,24)22-8-4-3-5-12(22)2/h6-7,9-10,12H,3-5,8H2,1-2H3. The third-order valence-corrected chi connectivity index (χ3v) is 6.76. The number of benzene rings is 1. The predicted molar refractivity (Wildman–Crippen MR) is 88.9 cm³/mol. The molecular formula is C17H19F3N2O3S. The molecule has 1 fully saturated rings. The maximum absolute atomic E-state index is 13.1. The van der Waals surface area contributed by atoms with E-state index < -0.39 is 22.0 Å². The van der Waals surface area contributed by atoms with E-state index in [1.165, 1.54) is 16.4 Å². The third kappa shape index (κ3) is 3.50. The molecule has 1 unspecified atom stereocenters. The smallest absolute Gasteiger partial charge is 0.351 e. The highest BCUT2D eigenvalue weighted by Gasteiger charge is 2.36. The van der Waals surface area contributed by atoms with Gasteiger partial charge in [0.05, 0.1) is 4.90 Å². The first-order valence-corrected chi connectivity index (χ1v) is 9.71. The topological polar surface area (TPSA) is 63.4 Å². The van der Waals surface area contributed by atoms with Crippen molar-refractivity contribution in [1.29, 1.82) is 0 Å². The van der Waals surface area contributed by atoms with Gasteiger partial charge in [-0.15, -0.1) is 0 Å². The lowest BCUT2D eigenvalue weighted by Crippen LogP contribution is -2.42. The number of hydrogen-bond donors (Lipinski definition) is 0. The highest BCUT2D eigenvalue weighted by molar-refractivity contribution is 7.89. The fraction of sp³-hybridized carbons (Fsp3) is 0.471. The number of aryl methyl sites for hydroxylation is 1. The first-order chi connectivity index (χ1) is 12.1. The van der Waals surface area contributed by atoms with Gasteiger partial charge in [-0.1, -0.05) is 23.7 Å². The number of aromatic nitrogens is 1. The van der Waals surface area contributed by atoms with Crippen LogP contribution in [0.1, 0.15) is 37.5 Å². The van der Waals surface area contributed by atoms with Crippen molar-refractivity contribution in [3.8, 4) is 11.3 Å². The van der Waals surface area contributed by atoms with Crippen molar-refractivity contribution in [2.24, 2.45) is 0 Å². The Bertz CT molecular complexity index is 906. The Morgan fingerprint density at radius 3 is 2.58 bits per heavy atom. The molecule has 0 spiro atoms. The first-order valence-electron chi connectivity index (χ1n) is 8.27. The fourth-order valence-electron chi connectivity index (χ4n) is 3.14. The summed E-state index contributed by atoms with van der Waals surface area (Å²) < 4.78 is 70.0. The van der Waals surface area contributed by atoms with E-state index in [-0.39, 0.29) is 22.2 Å². The molecule has 142 valence electrons. The Labute approximate surface area is 149 Å². The van der Waals surface area contributed by atoms with Gasteiger partial charge < -0.3 is 4.52 Å². The van der Waals surface area contributed by atoms with E-state index in [1.807, 2.05) is 6.92 Å². The summed E-state index contributed by atoms with van der Waals surface area (Å²) in [5.41, 5.74) is 0.740. The molecule has 0 aliphatic carbocycles. The normalized spacial score (nSPS) is 19.7. The Morgan fingerprint density at radius 2 is 1.96 bits per heavy atom. The van der Waals surface area contributed by atoms with Crippen LogP contribution in [0, 0.1) is 6.92 Å². The molecule has 0 amide bonds. The van der Waals surface area contributed by atoms with E-state index in [2.05, 4.69) is 9.68 Å². The molecule has 0 N–H and O–H groups in total. The van der Waals surface area contributed by atoms with Crippen LogP contribution in [-0.4, -0.2) is 30.5 Å². The van der Waals surface area contributed by atoms with Crippen molar-refractivity contribution >= 4 is 10.0 Å². The number of sulfonamides is 1. The van der Waals surface area contributed by atoms with E-state index in [4.69, 9.17) is 0 Å². The Hall–Kier alpha value is -1.87. The van der Waals surface area contributed by atoms with Crippen molar-refractivity contribution in [2.75, 3.05) is 6.54 Å². The maximum atomic E-state index is 13.1. The summed E-state index contributed by atoms with van der Waals surface area (Å²) in [6.07, 6.45) is -2.09. The lowest BCUT2D eigenvalue weighted by Gasteiger charge is -2.32. The van der Waals surface area contributed by atoms with Crippen molar-refractivity contribution in [3.05, 3.63) is 35.6 Å². The average molecular weight is 388 g/mol. The van der Waals surface area contributed by atoms with Gasteiger partial charge in [-0.2, -0.15) is 17.5 Å². The average Bonchev–Trinajstić information content (AvgIpc) is 3.05. The zero-order chi connectivity index (χ0) is 19.1. The van der Waals surface area contributed by atoms with Crippen LogP contribution in [0.4, 0.5) is 13.2 Å². The molecule has 9 heteroatoms.